The van der Waals surface area contributed by atoms with Crippen LogP contribution in [0.15, 0.2) is 170 Å². The largest absolute Gasteiger partial charge is 0.416 e. The zero-order valence-corrected chi connectivity index (χ0v) is 27.3. The van der Waals surface area contributed by atoms with E-state index in [4.69, 9.17) is 0 Å². The first-order valence-electron chi connectivity index (χ1n) is 16.5. The third-order valence-electron chi connectivity index (χ3n) is 9.19. The molecule has 0 N–H and O–H groups in total. The molecule has 52 heavy (non-hydrogen) atoms. The summed E-state index contributed by atoms with van der Waals surface area (Å²) in [4.78, 5) is 2.22. The van der Waals surface area contributed by atoms with Gasteiger partial charge in [-0.25, -0.2) is 0 Å². The normalized spacial score (nSPS) is 12.0. The smallest absolute Gasteiger partial charge is 0.310 e. The Balaban J connectivity index is 1.19. The molecular weight excluding hydrogens is 670 g/mol. The van der Waals surface area contributed by atoms with E-state index in [9.17, 15) is 26.3 Å². The predicted octanol–water partition coefficient (Wildman–Crippen LogP) is 13.6. The van der Waals surface area contributed by atoms with Gasteiger partial charge in [0.1, 0.15) is 0 Å². The second-order valence-corrected chi connectivity index (χ2v) is 12.5. The fourth-order valence-corrected chi connectivity index (χ4v) is 6.78. The minimum atomic E-state index is -4.93. The minimum absolute atomic E-state index is 0.143. The Morgan fingerprint density at radius 1 is 0.365 bits per heavy atom. The average Bonchev–Trinajstić information content (AvgIpc) is 3.49. The van der Waals surface area contributed by atoms with Gasteiger partial charge in [0.2, 0.25) is 0 Å². The van der Waals surface area contributed by atoms with E-state index in [2.05, 4.69) is 64.1 Å². The first kappa shape index (κ1) is 32.9. The predicted molar refractivity (Wildman–Crippen MR) is 196 cm³/mol. The van der Waals surface area contributed by atoms with Gasteiger partial charge in [0.05, 0.1) is 22.2 Å². The van der Waals surface area contributed by atoms with Gasteiger partial charge in [0, 0.05) is 33.5 Å². The number of hydrogen-bond donors (Lipinski definition) is 0. The quantitative estimate of drug-likeness (QED) is 0.157. The van der Waals surface area contributed by atoms with Crippen LogP contribution < -0.4 is 4.90 Å². The summed E-state index contributed by atoms with van der Waals surface area (Å²) in [6.07, 6.45) is -9.86. The van der Waals surface area contributed by atoms with E-state index in [1.807, 2.05) is 72.8 Å². The Kier molecular flexibility index (Phi) is 8.10. The molecule has 1 aromatic heterocycles. The summed E-state index contributed by atoms with van der Waals surface area (Å²) in [5, 5.41) is 2.15. The lowest BCUT2D eigenvalue weighted by atomic mass is 9.96. The molecule has 8 rings (SSSR count). The lowest BCUT2D eigenvalue weighted by Gasteiger charge is -2.25. The van der Waals surface area contributed by atoms with Crippen LogP contribution in [0.25, 0.3) is 49.7 Å². The summed E-state index contributed by atoms with van der Waals surface area (Å²) >= 11 is 0. The van der Waals surface area contributed by atoms with Crippen LogP contribution in [0.1, 0.15) is 11.1 Å². The molecule has 0 atom stereocenters. The molecule has 256 valence electrons. The summed E-state index contributed by atoms with van der Waals surface area (Å²) < 4.78 is 83.6. The van der Waals surface area contributed by atoms with Crippen molar-refractivity contribution < 1.29 is 26.3 Å². The first-order chi connectivity index (χ1) is 25.0. The highest BCUT2D eigenvalue weighted by Crippen LogP contribution is 2.41. The van der Waals surface area contributed by atoms with Crippen LogP contribution in [0, 0.1) is 0 Å². The highest BCUT2D eigenvalue weighted by Gasteiger charge is 2.37. The van der Waals surface area contributed by atoms with E-state index in [0.29, 0.717) is 5.56 Å². The lowest BCUT2D eigenvalue weighted by molar-refractivity contribution is -0.143. The third kappa shape index (κ3) is 6.17. The molecule has 0 radical (unpaired) electrons. The van der Waals surface area contributed by atoms with Crippen molar-refractivity contribution >= 4 is 38.9 Å². The van der Waals surface area contributed by atoms with E-state index in [1.54, 1.807) is 18.2 Å². The van der Waals surface area contributed by atoms with Gasteiger partial charge in [-0.15, -0.1) is 0 Å². The molecule has 0 amide bonds. The summed E-state index contributed by atoms with van der Waals surface area (Å²) in [5.74, 6) is 0. The van der Waals surface area contributed by atoms with Crippen LogP contribution in [0.4, 0.5) is 43.4 Å². The molecular formula is C44H28F6N2. The maximum absolute atomic E-state index is 13.6. The summed E-state index contributed by atoms with van der Waals surface area (Å²) in [7, 11) is 0. The van der Waals surface area contributed by atoms with Crippen LogP contribution in [-0.4, -0.2) is 4.57 Å². The molecule has 0 aliphatic rings. The molecule has 0 saturated carbocycles. The van der Waals surface area contributed by atoms with Crippen molar-refractivity contribution in [3.05, 3.63) is 181 Å². The number of nitrogens with zero attached hydrogens (tertiary/aromatic N) is 2. The van der Waals surface area contributed by atoms with Crippen LogP contribution in [0.5, 0.6) is 0 Å². The maximum atomic E-state index is 13.6. The zero-order valence-electron chi connectivity index (χ0n) is 27.3. The van der Waals surface area contributed by atoms with Crippen molar-refractivity contribution in [2.24, 2.45) is 0 Å². The summed E-state index contributed by atoms with van der Waals surface area (Å²) in [5.41, 5.74) is 4.79. The summed E-state index contributed by atoms with van der Waals surface area (Å²) in [6, 6.07) is 50.9. The van der Waals surface area contributed by atoms with Crippen molar-refractivity contribution in [2.75, 3.05) is 4.90 Å². The third-order valence-corrected chi connectivity index (χ3v) is 9.19. The molecule has 1 heterocycles. The molecule has 0 saturated heterocycles. The van der Waals surface area contributed by atoms with Gasteiger partial charge < -0.3 is 9.47 Å². The Morgan fingerprint density at radius 2 is 0.904 bits per heavy atom. The first-order valence-corrected chi connectivity index (χ1v) is 16.5. The molecule has 0 unspecified atom stereocenters. The molecule has 8 heteroatoms. The number of alkyl halides is 6. The lowest BCUT2D eigenvalue weighted by Crippen LogP contribution is -2.11. The fraction of sp³-hybridized carbons (Fsp3) is 0.0455. The zero-order chi connectivity index (χ0) is 36.0. The molecule has 7 aromatic carbocycles. The SMILES string of the molecule is FC(F)(F)c1cc(-c2cccc(-c3ccc(-n4c5ccccc5c5cc(N(c6ccccc6)c6ccccc6)ccc54)cc3)c2)cc(C(F)(F)F)c1. The maximum Gasteiger partial charge on any atom is 0.416 e. The van der Waals surface area contributed by atoms with E-state index in [0.717, 1.165) is 62.3 Å². The van der Waals surface area contributed by atoms with Gasteiger partial charge in [0.15, 0.2) is 0 Å². The van der Waals surface area contributed by atoms with Crippen molar-refractivity contribution in [3.8, 4) is 27.9 Å². The van der Waals surface area contributed by atoms with E-state index in [1.165, 1.54) is 6.07 Å². The van der Waals surface area contributed by atoms with Gasteiger partial charge in [0.25, 0.3) is 0 Å². The van der Waals surface area contributed by atoms with Crippen LogP contribution in [-0.2, 0) is 12.4 Å². The second-order valence-electron chi connectivity index (χ2n) is 12.5. The number of halogens is 6. The molecule has 2 nitrogen and oxygen atoms in total. The average molecular weight is 699 g/mol. The van der Waals surface area contributed by atoms with Gasteiger partial charge in [-0.05, 0) is 107 Å². The van der Waals surface area contributed by atoms with Crippen molar-refractivity contribution in [1.82, 2.24) is 4.57 Å². The molecule has 0 fully saturated rings. The van der Waals surface area contributed by atoms with E-state index < -0.39 is 23.5 Å². The minimum Gasteiger partial charge on any atom is -0.310 e. The highest BCUT2D eigenvalue weighted by molar-refractivity contribution is 6.10. The topological polar surface area (TPSA) is 8.17 Å². The molecule has 0 aliphatic carbocycles. The number of para-hydroxylation sites is 3. The number of aromatic nitrogens is 1. The molecule has 0 spiro atoms. The van der Waals surface area contributed by atoms with Crippen molar-refractivity contribution in [1.29, 1.82) is 0 Å². The van der Waals surface area contributed by atoms with Gasteiger partial charge >= 0.3 is 12.4 Å². The molecule has 8 aromatic rings. The second kappa shape index (κ2) is 12.8. The number of hydrogen-bond acceptors (Lipinski definition) is 1. The summed E-state index contributed by atoms with van der Waals surface area (Å²) in [6.45, 7) is 0. The Hall–Kier alpha value is -6.28. The molecule has 0 aliphatic heterocycles. The van der Waals surface area contributed by atoms with Gasteiger partial charge in [-0.2, -0.15) is 26.3 Å². The van der Waals surface area contributed by atoms with Crippen LogP contribution in [0.3, 0.4) is 0 Å². The Morgan fingerprint density at radius 3 is 1.50 bits per heavy atom. The number of anilines is 3. The molecule has 0 bridgehead atoms. The van der Waals surface area contributed by atoms with Gasteiger partial charge in [-0.1, -0.05) is 84.9 Å². The number of rotatable bonds is 6. The van der Waals surface area contributed by atoms with E-state index in [-0.39, 0.29) is 17.2 Å². The van der Waals surface area contributed by atoms with Gasteiger partial charge in [-0.3, -0.25) is 0 Å². The fourth-order valence-electron chi connectivity index (χ4n) is 6.78. The number of fused-ring (bicyclic) bond motifs is 3. The Bertz CT molecular complexity index is 2460. The Labute approximate surface area is 295 Å². The highest BCUT2D eigenvalue weighted by atomic mass is 19.4. The van der Waals surface area contributed by atoms with Crippen LogP contribution >= 0.6 is 0 Å². The van der Waals surface area contributed by atoms with Crippen LogP contribution in [0.2, 0.25) is 0 Å². The monoisotopic (exact) mass is 698 g/mol. The standard InChI is InChI=1S/C44H28F6N2/c45-43(46,47)33-25-32(26-34(27-33)44(48,49)50)31-11-9-10-30(24-31)29-18-20-37(21-19-29)52-41-17-8-7-16-39(41)40-28-38(22-23-42(40)52)51(35-12-3-1-4-13-35)36-14-5-2-6-15-36/h1-28H. The van der Waals surface area contributed by atoms with Crippen molar-refractivity contribution in [2.45, 2.75) is 12.4 Å². The number of benzene rings is 7. The van der Waals surface area contributed by atoms with E-state index >= 15 is 0 Å². The van der Waals surface area contributed by atoms with Crippen molar-refractivity contribution in [3.63, 3.8) is 0 Å².